The quantitative estimate of drug-likeness (QED) is 0.811. The third kappa shape index (κ3) is 2.60. The molecule has 0 aliphatic carbocycles. The first-order chi connectivity index (χ1) is 7.81. The number of likely N-dealkylation sites (N-methyl/N-ethyl adjacent to an activating group) is 1. The third-order valence-corrected chi connectivity index (χ3v) is 3.37. The minimum absolute atomic E-state index is 0.135. The van der Waals surface area contributed by atoms with E-state index in [0.29, 0.717) is 11.8 Å². The number of nitrogens with one attached hydrogen (secondary N) is 2. The van der Waals surface area contributed by atoms with Crippen LogP contribution in [0, 0.1) is 11.7 Å². The predicted molar refractivity (Wildman–Crippen MR) is 64.0 cm³/mol. The fraction of sp³-hybridized carbons (Fsp3) is 0.538. The molecule has 1 aliphatic heterocycles. The maximum absolute atomic E-state index is 13.2. The molecule has 0 bridgehead atoms. The molecule has 2 rings (SSSR count). The van der Waals surface area contributed by atoms with Crippen molar-refractivity contribution in [1.29, 1.82) is 0 Å². The van der Waals surface area contributed by atoms with Crippen LogP contribution in [0.25, 0.3) is 0 Å². The van der Waals surface area contributed by atoms with E-state index in [2.05, 4.69) is 10.6 Å². The molecular weight excluding hydrogens is 203 g/mol. The second-order valence-corrected chi connectivity index (χ2v) is 4.47. The minimum atomic E-state index is -0.135. The molecule has 0 spiro atoms. The molecule has 1 fully saturated rings. The monoisotopic (exact) mass is 222 g/mol. The van der Waals surface area contributed by atoms with Crippen LogP contribution >= 0.6 is 0 Å². The van der Waals surface area contributed by atoms with Crippen LogP contribution in [-0.2, 0) is 0 Å². The normalized spacial score (nSPS) is 22.2. The van der Waals surface area contributed by atoms with Crippen LogP contribution in [0.2, 0.25) is 0 Å². The number of halogens is 1. The van der Waals surface area contributed by atoms with E-state index < -0.39 is 0 Å². The van der Waals surface area contributed by atoms with Crippen molar-refractivity contribution < 1.29 is 4.39 Å². The Kier molecular flexibility index (Phi) is 3.91. The first-order valence-corrected chi connectivity index (χ1v) is 5.92. The highest BCUT2D eigenvalue weighted by molar-refractivity contribution is 5.22. The molecular formula is C13H19FN2. The Labute approximate surface area is 96.2 Å². The molecule has 1 aromatic rings. The van der Waals surface area contributed by atoms with Crippen molar-refractivity contribution in [2.75, 3.05) is 26.7 Å². The lowest BCUT2D eigenvalue weighted by Crippen LogP contribution is -2.25. The molecule has 2 nitrogen and oxygen atoms in total. The van der Waals surface area contributed by atoms with Crippen LogP contribution in [0.1, 0.15) is 17.9 Å². The fourth-order valence-electron chi connectivity index (χ4n) is 2.53. The van der Waals surface area contributed by atoms with Crippen LogP contribution in [0.15, 0.2) is 24.3 Å². The Morgan fingerprint density at radius 2 is 2.44 bits per heavy atom. The van der Waals surface area contributed by atoms with E-state index in [4.69, 9.17) is 0 Å². The maximum Gasteiger partial charge on any atom is 0.123 e. The van der Waals surface area contributed by atoms with Gasteiger partial charge in [-0.3, -0.25) is 0 Å². The van der Waals surface area contributed by atoms with Crippen molar-refractivity contribution in [1.82, 2.24) is 10.6 Å². The highest BCUT2D eigenvalue weighted by Gasteiger charge is 2.25. The zero-order chi connectivity index (χ0) is 11.4. The molecule has 2 atom stereocenters. The highest BCUT2D eigenvalue weighted by Crippen LogP contribution is 2.28. The fourth-order valence-corrected chi connectivity index (χ4v) is 2.53. The number of hydrogen-bond donors (Lipinski definition) is 2. The molecule has 0 amide bonds. The molecule has 1 aliphatic rings. The van der Waals surface area contributed by atoms with Gasteiger partial charge in [-0.2, -0.15) is 0 Å². The highest BCUT2D eigenvalue weighted by atomic mass is 19.1. The number of hydrogen-bond acceptors (Lipinski definition) is 2. The summed E-state index contributed by atoms with van der Waals surface area (Å²) in [6, 6.07) is 7.01. The average Bonchev–Trinajstić information content (AvgIpc) is 2.79. The van der Waals surface area contributed by atoms with Gasteiger partial charge in [0.05, 0.1) is 0 Å². The van der Waals surface area contributed by atoms with Crippen molar-refractivity contribution in [3.05, 3.63) is 35.6 Å². The molecule has 1 aromatic carbocycles. The third-order valence-electron chi connectivity index (χ3n) is 3.37. The molecule has 2 unspecified atom stereocenters. The predicted octanol–water partition coefficient (Wildman–Crippen LogP) is 1.74. The topological polar surface area (TPSA) is 24.1 Å². The van der Waals surface area contributed by atoms with E-state index in [9.17, 15) is 4.39 Å². The van der Waals surface area contributed by atoms with Gasteiger partial charge >= 0.3 is 0 Å². The summed E-state index contributed by atoms with van der Waals surface area (Å²) in [5.41, 5.74) is 1.11. The van der Waals surface area contributed by atoms with Crippen molar-refractivity contribution >= 4 is 0 Å². The van der Waals surface area contributed by atoms with E-state index in [1.807, 2.05) is 13.1 Å². The molecule has 1 saturated heterocycles. The van der Waals surface area contributed by atoms with Gasteiger partial charge in [-0.05, 0) is 50.2 Å². The van der Waals surface area contributed by atoms with Crippen LogP contribution in [-0.4, -0.2) is 26.7 Å². The van der Waals surface area contributed by atoms with Crippen LogP contribution in [0.4, 0.5) is 4.39 Å². The summed E-state index contributed by atoms with van der Waals surface area (Å²) in [7, 11) is 1.95. The minimum Gasteiger partial charge on any atom is -0.319 e. The zero-order valence-corrected chi connectivity index (χ0v) is 9.67. The van der Waals surface area contributed by atoms with Gasteiger partial charge < -0.3 is 10.6 Å². The molecule has 0 radical (unpaired) electrons. The van der Waals surface area contributed by atoms with Crippen molar-refractivity contribution in [3.63, 3.8) is 0 Å². The second kappa shape index (κ2) is 5.41. The Balaban J connectivity index is 2.17. The number of rotatable bonds is 4. The summed E-state index contributed by atoms with van der Waals surface area (Å²) in [6.07, 6.45) is 1.18. The Hall–Kier alpha value is -0.930. The molecule has 3 heteroatoms. The summed E-state index contributed by atoms with van der Waals surface area (Å²) >= 11 is 0. The average molecular weight is 222 g/mol. The summed E-state index contributed by atoms with van der Waals surface area (Å²) in [4.78, 5) is 0. The van der Waals surface area contributed by atoms with Crippen LogP contribution in [0.3, 0.4) is 0 Å². The second-order valence-electron chi connectivity index (χ2n) is 4.47. The maximum atomic E-state index is 13.2. The van der Waals surface area contributed by atoms with Crippen molar-refractivity contribution in [2.24, 2.45) is 5.92 Å². The van der Waals surface area contributed by atoms with Gasteiger partial charge in [0.1, 0.15) is 5.82 Å². The molecule has 2 N–H and O–H groups in total. The van der Waals surface area contributed by atoms with Gasteiger partial charge in [-0.1, -0.05) is 12.1 Å². The zero-order valence-electron chi connectivity index (χ0n) is 9.67. The smallest absolute Gasteiger partial charge is 0.123 e. The van der Waals surface area contributed by atoms with E-state index in [-0.39, 0.29) is 5.82 Å². The summed E-state index contributed by atoms with van der Waals surface area (Å²) in [5, 5.41) is 6.59. The Morgan fingerprint density at radius 1 is 1.56 bits per heavy atom. The molecule has 0 saturated carbocycles. The van der Waals surface area contributed by atoms with Gasteiger partial charge in [0.15, 0.2) is 0 Å². The van der Waals surface area contributed by atoms with E-state index in [1.54, 1.807) is 12.1 Å². The molecule has 0 aromatic heterocycles. The molecule has 1 heterocycles. The molecule has 16 heavy (non-hydrogen) atoms. The lowest BCUT2D eigenvalue weighted by atomic mass is 9.85. The van der Waals surface area contributed by atoms with E-state index in [0.717, 1.165) is 25.2 Å². The molecule has 88 valence electrons. The summed E-state index contributed by atoms with van der Waals surface area (Å²) in [5.74, 6) is 0.898. The Morgan fingerprint density at radius 3 is 3.06 bits per heavy atom. The van der Waals surface area contributed by atoms with E-state index in [1.165, 1.54) is 12.5 Å². The summed E-state index contributed by atoms with van der Waals surface area (Å²) < 4.78 is 13.2. The van der Waals surface area contributed by atoms with Gasteiger partial charge in [0.2, 0.25) is 0 Å². The van der Waals surface area contributed by atoms with Crippen LogP contribution < -0.4 is 10.6 Å². The Bertz CT molecular complexity index is 334. The van der Waals surface area contributed by atoms with Crippen molar-refractivity contribution in [3.8, 4) is 0 Å². The van der Waals surface area contributed by atoms with Gasteiger partial charge in [-0.25, -0.2) is 4.39 Å². The van der Waals surface area contributed by atoms with Crippen LogP contribution in [0.5, 0.6) is 0 Å². The summed E-state index contributed by atoms with van der Waals surface area (Å²) in [6.45, 7) is 3.04. The first-order valence-electron chi connectivity index (χ1n) is 5.92. The van der Waals surface area contributed by atoms with E-state index >= 15 is 0 Å². The van der Waals surface area contributed by atoms with Gasteiger partial charge in [0, 0.05) is 12.5 Å². The SMILES string of the molecule is CNCC(c1cccc(F)c1)C1CCNC1. The largest absolute Gasteiger partial charge is 0.319 e. The van der Waals surface area contributed by atoms with Gasteiger partial charge in [-0.15, -0.1) is 0 Å². The van der Waals surface area contributed by atoms with Gasteiger partial charge in [0.25, 0.3) is 0 Å². The lowest BCUT2D eigenvalue weighted by Gasteiger charge is -2.23. The lowest BCUT2D eigenvalue weighted by molar-refractivity contribution is 0.441. The first kappa shape index (κ1) is 11.6. The number of benzene rings is 1. The standard InChI is InChI=1S/C13H19FN2/c1-15-9-13(11-5-6-16-8-11)10-3-2-4-12(14)7-10/h2-4,7,11,13,15-16H,5-6,8-9H2,1H3. The van der Waals surface area contributed by atoms with Crippen molar-refractivity contribution in [2.45, 2.75) is 12.3 Å².